The summed E-state index contributed by atoms with van der Waals surface area (Å²) in [5.41, 5.74) is 5.61. The number of benzene rings is 2. The smallest absolute Gasteiger partial charge is 0.274 e. The average molecular weight is 501 g/mol. The van der Waals surface area contributed by atoms with Gasteiger partial charge in [-0.1, -0.05) is 26.0 Å². The minimum Gasteiger partial charge on any atom is -0.392 e. The van der Waals surface area contributed by atoms with Crippen LogP contribution in [0.25, 0.3) is 11.1 Å². The number of amides is 1. The van der Waals surface area contributed by atoms with Gasteiger partial charge in [0.2, 0.25) is 5.96 Å². The molecule has 2 N–H and O–H groups in total. The molecule has 0 aliphatic carbocycles. The summed E-state index contributed by atoms with van der Waals surface area (Å²) in [6.45, 7) is 4.25. The molecule has 0 fully saturated rings. The fourth-order valence-electron chi connectivity index (χ4n) is 4.50. The topological polar surface area (TPSA) is 103 Å². The van der Waals surface area contributed by atoms with E-state index in [-0.39, 0.29) is 18.1 Å². The molecule has 0 radical (unpaired) electrons. The maximum atomic E-state index is 13.5. The molecule has 3 heterocycles. The van der Waals surface area contributed by atoms with E-state index in [0.717, 1.165) is 22.4 Å². The maximum Gasteiger partial charge on any atom is 0.274 e. The second-order valence-corrected chi connectivity index (χ2v) is 8.78. The Morgan fingerprint density at radius 2 is 1.84 bits per heavy atom. The molecule has 5 rings (SSSR count). The molecule has 0 atom stereocenters. The first-order chi connectivity index (χ1) is 17.9. The Balaban J connectivity index is 0.00000156. The van der Waals surface area contributed by atoms with Gasteiger partial charge < -0.3 is 24.8 Å². The highest BCUT2D eigenvalue weighted by atomic mass is 16.3. The summed E-state index contributed by atoms with van der Waals surface area (Å²) in [5, 5.41) is 13.3. The van der Waals surface area contributed by atoms with Crippen molar-refractivity contribution in [1.29, 1.82) is 0 Å². The van der Waals surface area contributed by atoms with E-state index in [1.54, 1.807) is 24.2 Å². The molecular weight excluding hydrogens is 468 g/mol. The van der Waals surface area contributed by atoms with Gasteiger partial charge in [-0.05, 0) is 47.9 Å². The number of nitrogens with zero attached hydrogens (tertiary/aromatic N) is 5. The third-order valence-corrected chi connectivity index (χ3v) is 6.39. The number of nitrogens with one attached hydrogen (secondary N) is 1. The maximum absolute atomic E-state index is 13.5. The third kappa shape index (κ3) is 4.90. The largest absolute Gasteiger partial charge is 0.392 e. The number of aliphatic hydroxyl groups is 1. The lowest BCUT2D eigenvalue weighted by atomic mass is 9.94. The van der Waals surface area contributed by atoms with E-state index >= 15 is 0 Å². The summed E-state index contributed by atoms with van der Waals surface area (Å²) in [5.74, 6) is 0.275. The van der Waals surface area contributed by atoms with Gasteiger partial charge >= 0.3 is 0 Å². The monoisotopic (exact) mass is 500 g/mol. The van der Waals surface area contributed by atoms with Crippen molar-refractivity contribution < 1.29 is 9.90 Å². The molecule has 192 valence electrons. The molecule has 3 aromatic rings. The van der Waals surface area contributed by atoms with Crippen LogP contribution in [-0.4, -0.2) is 48.5 Å². The molecule has 0 unspecified atom stereocenters. The second kappa shape index (κ2) is 10.8. The van der Waals surface area contributed by atoms with E-state index in [1.165, 1.54) is 10.9 Å². The van der Waals surface area contributed by atoms with Crippen molar-refractivity contribution in [3.63, 3.8) is 0 Å². The van der Waals surface area contributed by atoms with Crippen LogP contribution in [0.5, 0.6) is 0 Å². The van der Waals surface area contributed by atoms with Crippen LogP contribution in [0.2, 0.25) is 0 Å². The van der Waals surface area contributed by atoms with E-state index < -0.39 is 0 Å². The highest BCUT2D eigenvalue weighted by molar-refractivity contribution is 6.09. The molecule has 0 bridgehead atoms. The van der Waals surface area contributed by atoms with Crippen LogP contribution in [0.15, 0.2) is 63.4 Å². The fourth-order valence-corrected chi connectivity index (χ4v) is 4.50. The summed E-state index contributed by atoms with van der Waals surface area (Å²) in [4.78, 5) is 37.8. The van der Waals surface area contributed by atoms with E-state index in [4.69, 9.17) is 0 Å². The quantitative estimate of drug-likeness (QED) is 0.557. The van der Waals surface area contributed by atoms with Crippen molar-refractivity contribution in [3.05, 3.63) is 75.7 Å². The first kappa shape index (κ1) is 25.8. The lowest BCUT2D eigenvalue weighted by molar-refractivity contribution is 0.0980. The summed E-state index contributed by atoms with van der Waals surface area (Å²) in [7, 11) is 5.62. The number of guanidine groups is 1. The van der Waals surface area contributed by atoms with Gasteiger partial charge in [0.15, 0.2) is 0 Å². The van der Waals surface area contributed by atoms with Crippen molar-refractivity contribution in [1.82, 2.24) is 4.57 Å². The highest BCUT2D eigenvalue weighted by Crippen LogP contribution is 2.35. The van der Waals surface area contributed by atoms with E-state index in [0.29, 0.717) is 41.4 Å². The molecule has 2 aliphatic heterocycles. The lowest BCUT2D eigenvalue weighted by Crippen LogP contribution is -2.38. The lowest BCUT2D eigenvalue weighted by Gasteiger charge is -2.31. The van der Waals surface area contributed by atoms with Crippen molar-refractivity contribution in [3.8, 4) is 11.1 Å². The number of aryl methyl sites for hydroxylation is 1. The summed E-state index contributed by atoms with van der Waals surface area (Å²) in [6.07, 6.45) is 3.83. The standard InChI is InChI=1S/C26H26N6O3.C2H6/c1-30(2)18-7-8-20-16(11-18)9-10-32(24(20)34)23-6-4-5-19(21(23)14-33)17-12-22(25(35)31(3)13-17)29-26-27-15-28-26;1-2/h4-8,11-13,15,33H,9-10,14H2,1-3H3,(H,27,28,29);1-2H3. The van der Waals surface area contributed by atoms with Gasteiger partial charge in [-0.15, -0.1) is 0 Å². The summed E-state index contributed by atoms with van der Waals surface area (Å²) >= 11 is 0. The zero-order valence-electron chi connectivity index (χ0n) is 21.8. The Morgan fingerprint density at radius 3 is 2.49 bits per heavy atom. The molecule has 1 amide bonds. The normalized spacial score (nSPS) is 13.7. The van der Waals surface area contributed by atoms with Gasteiger partial charge in [0.25, 0.3) is 11.5 Å². The molecule has 1 aromatic heterocycles. The van der Waals surface area contributed by atoms with Crippen LogP contribution in [0, 0.1) is 0 Å². The number of aromatic nitrogens is 1. The minimum atomic E-state index is -0.260. The fraction of sp³-hybridized carbons (Fsp3) is 0.286. The molecule has 0 spiro atoms. The number of hydrogen-bond donors (Lipinski definition) is 2. The number of aliphatic hydroxyl groups excluding tert-OH is 1. The first-order valence-electron chi connectivity index (χ1n) is 12.3. The van der Waals surface area contributed by atoms with Crippen LogP contribution in [0.1, 0.15) is 35.3 Å². The van der Waals surface area contributed by atoms with E-state index in [9.17, 15) is 14.7 Å². The molecule has 0 saturated heterocycles. The van der Waals surface area contributed by atoms with Gasteiger partial charge in [0, 0.05) is 56.3 Å². The molecule has 2 aromatic carbocycles. The predicted molar refractivity (Wildman–Crippen MR) is 150 cm³/mol. The van der Waals surface area contributed by atoms with Gasteiger partial charge in [0.1, 0.15) is 12.0 Å². The predicted octanol–water partition coefficient (Wildman–Crippen LogP) is 3.65. The van der Waals surface area contributed by atoms with Gasteiger partial charge in [-0.25, -0.2) is 9.98 Å². The van der Waals surface area contributed by atoms with Crippen LogP contribution in [0.3, 0.4) is 0 Å². The highest BCUT2D eigenvalue weighted by Gasteiger charge is 2.28. The van der Waals surface area contributed by atoms with Crippen molar-refractivity contribution in [2.24, 2.45) is 17.0 Å². The van der Waals surface area contributed by atoms with Crippen molar-refractivity contribution in [2.75, 3.05) is 35.8 Å². The van der Waals surface area contributed by atoms with Crippen molar-refractivity contribution >= 4 is 35.3 Å². The SMILES string of the molecule is CC.CN(C)c1ccc2c(c1)CCN(c1cccc(-c3cc(NC4=NC=N4)c(=O)n(C)c3)c1CO)C2=O. The minimum absolute atomic E-state index is 0.0907. The molecular formula is C28H32N6O3. The molecule has 9 nitrogen and oxygen atoms in total. The Morgan fingerprint density at radius 1 is 1.08 bits per heavy atom. The van der Waals surface area contributed by atoms with E-state index in [1.807, 2.05) is 63.2 Å². The molecule has 0 saturated carbocycles. The number of hydrogen-bond acceptors (Lipinski definition) is 7. The Bertz CT molecular complexity index is 1450. The number of aliphatic imine (C=N–C) groups is 2. The Labute approximate surface area is 216 Å². The third-order valence-electron chi connectivity index (χ3n) is 6.39. The first-order valence-corrected chi connectivity index (χ1v) is 12.3. The van der Waals surface area contributed by atoms with Crippen molar-refractivity contribution in [2.45, 2.75) is 26.9 Å². The number of rotatable bonds is 5. The number of carbonyl (C=O) groups is 1. The number of pyridine rings is 1. The van der Waals surface area contributed by atoms with Crippen LogP contribution in [0.4, 0.5) is 17.1 Å². The number of anilines is 3. The summed E-state index contributed by atoms with van der Waals surface area (Å²) < 4.78 is 1.47. The molecule has 9 heteroatoms. The van der Waals surface area contributed by atoms with Gasteiger partial charge in [-0.3, -0.25) is 9.59 Å². The number of fused-ring (bicyclic) bond motifs is 1. The van der Waals surface area contributed by atoms with Gasteiger partial charge in [-0.2, -0.15) is 0 Å². The Hall–Kier alpha value is -4.24. The van der Waals surface area contributed by atoms with E-state index in [2.05, 4.69) is 21.4 Å². The van der Waals surface area contributed by atoms with Crippen LogP contribution >= 0.6 is 0 Å². The average Bonchev–Trinajstić information content (AvgIpc) is 2.89. The number of carbonyl (C=O) groups excluding carboxylic acids is 1. The van der Waals surface area contributed by atoms with Crippen LogP contribution in [-0.2, 0) is 20.1 Å². The van der Waals surface area contributed by atoms with Gasteiger partial charge in [0.05, 0.1) is 12.3 Å². The summed E-state index contributed by atoms with van der Waals surface area (Å²) in [6, 6.07) is 13.2. The second-order valence-electron chi connectivity index (χ2n) is 8.78. The zero-order valence-corrected chi connectivity index (χ0v) is 21.8. The Kier molecular flexibility index (Phi) is 7.54. The molecule has 2 aliphatic rings. The molecule has 37 heavy (non-hydrogen) atoms. The zero-order chi connectivity index (χ0) is 26.7. The van der Waals surface area contributed by atoms with Crippen LogP contribution < -0.4 is 20.7 Å².